The SMILES string of the molecule is Cc1nc2ccccc2n1C1CCN(C(=O)CCC2CCCCC2)CC1. The summed E-state index contributed by atoms with van der Waals surface area (Å²) in [7, 11) is 0. The molecule has 0 atom stereocenters. The minimum absolute atomic E-state index is 0.376. The lowest BCUT2D eigenvalue weighted by Gasteiger charge is -2.34. The van der Waals surface area contributed by atoms with E-state index in [1.54, 1.807) is 0 Å². The lowest BCUT2D eigenvalue weighted by atomic mass is 9.86. The average Bonchev–Trinajstić information content (AvgIpc) is 3.03. The molecule has 1 saturated carbocycles. The first kappa shape index (κ1) is 17.6. The highest BCUT2D eigenvalue weighted by molar-refractivity contribution is 5.77. The molecule has 0 bridgehead atoms. The van der Waals surface area contributed by atoms with Gasteiger partial charge in [-0.2, -0.15) is 0 Å². The third-order valence-corrected chi connectivity index (χ3v) is 6.45. The van der Waals surface area contributed by atoms with Gasteiger partial charge in [-0.15, -0.1) is 0 Å². The Kier molecular flexibility index (Phi) is 5.28. The van der Waals surface area contributed by atoms with E-state index in [-0.39, 0.29) is 0 Å². The Labute approximate surface area is 156 Å². The smallest absolute Gasteiger partial charge is 0.222 e. The first-order valence-electron chi connectivity index (χ1n) is 10.4. The molecule has 2 fully saturated rings. The molecule has 2 aliphatic rings. The highest BCUT2D eigenvalue weighted by atomic mass is 16.2. The average molecular weight is 354 g/mol. The molecule has 1 aliphatic carbocycles. The van der Waals surface area contributed by atoms with E-state index < -0.39 is 0 Å². The number of aromatic nitrogens is 2. The predicted molar refractivity (Wildman–Crippen MR) is 105 cm³/mol. The van der Waals surface area contributed by atoms with E-state index in [1.165, 1.54) is 37.6 Å². The van der Waals surface area contributed by atoms with Gasteiger partial charge in [0.05, 0.1) is 11.0 Å². The second kappa shape index (κ2) is 7.81. The molecule has 2 aromatic rings. The van der Waals surface area contributed by atoms with Crippen LogP contribution in [0.25, 0.3) is 11.0 Å². The molecule has 4 heteroatoms. The fourth-order valence-electron chi connectivity index (χ4n) is 4.96. The molecule has 1 aromatic heterocycles. The van der Waals surface area contributed by atoms with Gasteiger partial charge in [-0.25, -0.2) is 4.98 Å². The van der Waals surface area contributed by atoms with Gasteiger partial charge in [0.2, 0.25) is 5.91 Å². The van der Waals surface area contributed by atoms with Crippen molar-refractivity contribution in [2.45, 2.75) is 70.8 Å². The standard InChI is InChI=1S/C22H31N3O/c1-17-23-20-9-5-6-10-21(20)25(17)19-13-15-24(16-14-19)22(26)12-11-18-7-3-2-4-8-18/h5-6,9-10,18-19H,2-4,7-8,11-16H2,1H3. The molecule has 1 saturated heterocycles. The van der Waals surface area contributed by atoms with Crippen LogP contribution in [0.15, 0.2) is 24.3 Å². The summed E-state index contributed by atoms with van der Waals surface area (Å²) in [5, 5.41) is 0. The molecule has 0 spiro atoms. The number of imidazole rings is 1. The van der Waals surface area contributed by atoms with Gasteiger partial charge in [0, 0.05) is 25.6 Å². The Balaban J connectivity index is 1.33. The number of amides is 1. The predicted octanol–water partition coefficient (Wildman–Crippen LogP) is 4.87. The number of hydrogen-bond acceptors (Lipinski definition) is 2. The molecule has 0 radical (unpaired) electrons. The molecule has 0 N–H and O–H groups in total. The van der Waals surface area contributed by atoms with Gasteiger partial charge in [0.25, 0.3) is 0 Å². The molecule has 4 nitrogen and oxygen atoms in total. The van der Waals surface area contributed by atoms with E-state index in [1.807, 2.05) is 6.07 Å². The van der Waals surface area contributed by atoms with E-state index in [4.69, 9.17) is 4.98 Å². The van der Waals surface area contributed by atoms with Gasteiger partial charge < -0.3 is 9.47 Å². The highest BCUT2D eigenvalue weighted by Crippen LogP contribution is 2.30. The summed E-state index contributed by atoms with van der Waals surface area (Å²) < 4.78 is 2.39. The molecule has 1 aliphatic heterocycles. The number of hydrogen-bond donors (Lipinski definition) is 0. The largest absolute Gasteiger partial charge is 0.343 e. The van der Waals surface area contributed by atoms with Crippen molar-refractivity contribution in [3.8, 4) is 0 Å². The molecular weight excluding hydrogens is 322 g/mol. The zero-order chi connectivity index (χ0) is 17.9. The van der Waals surface area contributed by atoms with E-state index in [2.05, 4.69) is 34.6 Å². The maximum Gasteiger partial charge on any atom is 0.222 e. The minimum Gasteiger partial charge on any atom is -0.343 e. The molecule has 140 valence electrons. The maximum atomic E-state index is 12.6. The second-order valence-electron chi connectivity index (χ2n) is 8.17. The lowest BCUT2D eigenvalue weighted by molar-refractivity contribution is -0.132. The van der Waals surface area contributed by atoms with Crippen molar-refractivity contribution in [2.75, 3.05) is 13.1 Å². The summed E-state index contributed by atoms with van der Waals surface area (Å²) in [5.41, 5.74) is 2.31. The molecule has 1 aromatic carbocycles. The Bertz CT molecular complexity index is 752. The molecular formula is C22H31N3O. The van der Waals surface area contributed by atoms with Crippen LogP contribution >= 0.6 is 0 Å². The maximum absolute atomic E-state index is 12.6. The van der Waals surface area contributed by atoms with Crippen molar-refractivity contribution in [1.29, 1.82) is 0 Å². The number of benzene rings is 1. The number of para-hydroxylation sites is 2. The monoisotopic (exact) mass is 353 g/mol. The molecule has 0 unspecified atom stereocenters. The van der Waals surface area contributed by atoms with Crippen LogP contribution in [-0.4, -0.2) is 33.4 Å². The fraction of sp³-hybridized carbons (Fsp3) is 0.636. The Morgan fingerprint density at radius 3 is 2.58 bits per heavy atom. The Morgan fingerprint density at radius 1 is 1.08 bits per heavy atom. The summed E-state index contributed by atoms with van der Waals surface area (Å²) in [6, 6.07) is 8.85. The normalized spacial score (nSPS) is 20.0. The summed E-state index contributed by atoms with van der Waals surface area (Å²) in [5.74, 6) is 2.26. The number of carbonyl (C=O) groups excluding carboxylic acids is 1. The molecule has 2 heterocycles. The first-order valence-corrected chi connectivity index (χ1v) is 10.4. The number of nitrogens with zero attached hydrogens (tertiary/aromatic N) is 3. The zero-order valence-corrected chi connectivity index (χ0v) is 16.0. The van der Waals surface area contributed by atoms with Crippen LogP contribution in [0.4, 0.5) is 0 Å². The molecule has 4 rings (SSSR count). The quantitative estimate of drug-likeness (QED) is 0.786. The number of carbonyl (C=O) groups is 1. The minimum atomic E-state index is 0.376. The van der Waals surface area contributed by atoms with Crippen LogP contribution in [0.3, 0.4) is 0 Å². The number of aryl methyl sites for hydroxylation is 1. The molecule has 1 amide bonds. The number of rotatable bonds is 4. The van der Waals surface area contributed by atoms with Crippen molar-refractivity contribution in [2.24, 2.45) is 5.92 Å². The van der Waals surface area contributed by atoms with Gasteiger partial charge in [-0.3, -0.25) is 4.79 Å². The topological polar surface area (TPSA) is 38.1 Å². The third kappa shape index (κ3) is 3.65. The van der Waals surface area contributed by atoms with Gasteiger partial charge in [0.15, 0.2) is 0 Å². The van der Waals surface area contributed by atoms with Gasteiger partial charge in [-0.05, 0) is 44.2 Å². The fourth-order valence-corrected chi connectivity index (χ4v) is 4.96. The van der Waals surface area contributed by atoms with E-state index >= 15 is 0 Å². The van der Waals surface area contributed by atoms with Crippen molar-refractivity contribution >= 4 is 16.9 Å². The summed E-state index contributed by atoms with van der Waals surface area (Å²) >= 11 is 0. The first-order chi connectivity index (χ1) is 12.7. The van der Waals surface area contributed by atoms with Crippen molar-refractivity contribution < 1.29 is 4.79 Å². The third-order valence-electron chi connectivity index (χ3n) is 6.45. The number of fused-ring (bicyclic) bond motifs is 1. The number of likely N-dealkylation sites (tertiary alicyclic amines) is 1. The molecule has 26 heavy (non-hydrogen) atoms. The highest BCUT2D eigenvalue weighted by Gasteiger charge is 2.26. The van der Waals surface area contributed by atoms with Gasteiger partial charge >= 0.3 is 0 Å². The number of piperidine rings is 1. The van der Waals surface area contributed by atoms with Crippen LogP contribution < -0.4 is 0 Å². The summed E-state index contributed by atoms with van der Waals surface area (Å²) in [6.45, 7) is 3.88. The van der Waals surface area contributed by atoms with E-state index in [9.17, 15) is 4.79 Å². The van der Waals surface area contributed by atoms with Gasteiger partial charge in [0.1, 0.15) is 5.82 Å². The van der Waals surface area contributed by atoms with Crippen molar-refractivity contribution in [1.82, 2.24) is 14.5 Å². The Hall–Kier alpha value is -1.84. The summed E-state index contributed by atoms with van der Waals surface area (Å²) in [6.07, 6.45) is 10.7. The van der Waals surface area contributed by atoms with Crippen LogP contribution in [-0.2, 0) is 4.79 Å². The van der Waals surface area contributed by atoms with Crippen LogP contribution in [0.2, 0.25) is 0 Å². The zero-order valence-electron chi connectivity index (χ0n) is 16.0. The summed E-state index contributed by atoms with van der Waals surface area (Å²) in [4.78, 5) is 19.4. The van der Waals surface area contributed by atoms with E-state index in [0.717, 1.165) is 56.0 Å². The Morgan fingerprint density at radius 2 is 1.81 bits per heavy atom. The second-order valence-corrected chi connectivity index (χ2v) is 8.17. The van der Waals surface area contributed by atoms with Crippen molar-refractivity contribution in [3.63, 3.8) is 0 Å². The van der Waals surface area contributed by atoms with Crippen LogP contribution in [0.1, 0.15) is 69.7 Å². The van der Waals surface area contributed by atoms with Crippen LogP contribution in [0.5, 0.6) is 0 Å². The van der Waals surface area contributed by atoms with Crippen LogP contribution in [0, 0.1) is 12.8 Å². The van der Waals surface area contributed by atoms with Gasteiger partial charge in [-0.1, -0.05) is 44.2 Å². The van der Waals surface area contributed by atoms with Crippen molar-refractivity contribution in [3.05, 3.63) is 30.1 Å². The lowest BCUT2D eigenvalue weighted by Crippen LogP contribution is -2.39. The van der Waals surface area contributed by atoms with E-state index in [0.29, 0.717) is 11.9 Å².